The fraction of sp³-hybridized carbons (Fsp3) is 0.438. The van der Waals surface area contributed by atoms with Crippen LogP contribution in [-0.4, -0.2) is 53.1 Å². The number of hydrogen-bond acceptors (Lipinski definition) is 6. The largest absolute Gasteiger partial charge is 0.493 e. The Balaban J connectivity index is 2.55. The molecule has 0 amide bonds. The zero-order valence-corrected chi connectivity index (χ0v) is 14.8. The third-order valence-electron chi connectivity index (χ3n) is 3.76. The van der Waals surface area contributed by atoms with Gasteiger partial charge in [-0.1, -0.05) is 0 Å². The second-order valence-corrected chi connectivity index (χ2v) is 7.13. The van der Waals surface area contributed by atoms with E-state index in [9.17, 15) is 13.2 Å². The number of nitrogens with zero attached hydrogens (tertiary/aromatic N) is 1. The van der Waals surface area contributed by atoms with Crippen LogP contribution >= 0.6 is 0 Å². The highest BCUT2D eigenvalue weighted by Crippen LogP contribution is 2.38. The Morgan fingerprint density at radius 3 is 2.33 bits per heavy atom. The standard InChI is InChI=1S/C16H21NO6S/c1-21-13-10-12(6-7-15(18)22-2)11-14(16(13)23-3)24(19,20)17-8-4-5-9-17/h6-7,10-11H,4-5,8-9H2,1-3H3. The Morgan fingerprint density at radius 1 is 1.12 bits per heavy atom. The molecule has 1 fully saturated rings. The number of hydrogen-bond donors (Lipinski definition) is 0. The van der Waals surface area contributed by atoms with Gasteiger partial charge >= 0.3 is 5.97 Å². The predicted octanol–water partition coefficient (Wildman–Crippen LogP) is 1.67. The van der Waals surface area contributed by atoms with E-state index < -0.39 is 16.0 Å². The fourth-order valence-corrected chi connectivity index (χ4v) is 4.26. The molecule has 0 radical (unpaired) electrons. The molecule has 7 nitrogen and oxygen atoms in total. The minimum absolute atomic E-state index is 0.0239. The molecule has 0 aromatic heterocycles. The van der Waals surface area contributed by atoms with Gasteiger partial charge in [0.25, 0.3) is 0 Å². The van der Waals surface area contributed by atoms with Crippen LogP contribution in [0.25, 0.3) is 6.08 Å². The summed E-state index contributed by atoms with van der Waals surface area (Å²) < 4.78 is 42.3. The van der Waals surface area contributed by atoms with Crippen LogP contribution in [0.3, 0.4) is 0 Å². The highest BCUT2D eigenvalue weighted by atomic mass is 32.2. The summed E-state index contributed by atoms with van der Waals surface area (Å²) in [5.74, 6) is -0.101. The number of ether oxygens (including phenoxy) is 3. The van der Waals surface area contributed by atoms with Gasteiger partial charge in [0, 0.05) is 19.2 Å². The summed E-state index contributed by atoms with van der Waals surface area (Å²) in [6, 6.07) is 3.07. The number of carbonyl (C=O) groups excluding carboxylic acids is 1. The van der Waals surface area contributed by atoms with E-state index in [1.807, 2.05) is 0 Å². The van der Waals surface area contributed by atoms with Crippen LogP contribution in [0, 0.1) is 0 Å². The molecule has 0 bridgehead atoms. The summed E-state index contributed by atoms with van der Waals surface area (Å²) in [4.78, 5) is 11.3. The molecule has 1 aromatic rings. The van der Waals surface area contributed by atoms with Gasteiger partial charge in [-0.2, -0.15) is 4.31 Å². The van der Waals surface area contributed by atoms with Crippen LogP contribution in [0.15, 0.2) is 23.1 Å². The van der Waals surface area contributed by atoms with E-state index >= 15 is 0 Å². The quantitative estimate of drug-likeness (QED) is 0.570. The zero-order valence-electron chi connectivity index (χ0n) is 13.9. The van der Waals surface area contributed by atoms with E-state index in [4.69, 9.17) is 9.47 Å². The molecule has 0 aliphatic carbocycles. The van der Waals surface area contributed by atoms with Crippen molar-refractivity contribution in [3.63, 3.8) is 0 Å². The predicted molar refractivity (Wildman–Crippen MR) is 88.6 cm³/mol. The molecule has 0 N–H and O–H groups in total. The van der Waals surface area contributed by atoms with Crippen LogP contribution in [-0.2, 0) is 19.6 Å². The second kappa shape index (κ2) is 7.67. The molecule has 1 aromatic carbocycles. The van der Waals surface area contributed by atoms with Gasteiger partial charge < -0.3 is 14.2 Å². The normalized spacial score (nSPS) is 15.6. The van der Waals surface area contributed by atoms with Crippen LogP contribution in [0.2, 0.25) is 0 Å². The number of carbonyl (C=O) groups is 1. The smallest absolute Gasteiger partial charge is 0.330 e. The Hall–Kier alpha value is -2.06. The summed E-state index contributed by atoms with van der Waals surface area (Å²) in [5.41, 5.74) is 0.496. The highest BCUT2D eigenvalue weighted by Gasteiger charge is 2.31. The third-order valence-corrected chi connectivity index (χ3v) is 5.67. The molecule has 0 spiro atoms. The average molecular weight is 355 g/mol. The van der Waals surface area contributed by atoms with E-state index in [2.05, 4.69) is 4.74 Å². The average Bonchev–Trinajstić information content (AvgIpc) is 3.13. The summed E-state index contributed by atoms with van der Waals surface area (Å²) >= 11 is 0. The lowest BCUT2D eigenvalue weighted by atomic mass is 10.2. The van der Waals surface area contributed by atoms with Gasteiger partial charge in [0.1, 0.15) is 4.90 Å². The van der Waals surface area contributed by atoms with E-state index in [1.54, 1.807) is 6.07 Å². The van der Waals surface area contributed by atoms with Gasteiger partial charge in [0.05, 0.1) is 21.3 Å². The molecule has 0 unspecified atom stereocenters. The topological polar surface area (TPSA) is 82.1 Å². The Morgan fingerprint density at radius 2 is 1.79 bits per heavy atom. The maximum absolute atomic E-state index is 12.9. The molecule has 24 heavy (non-hydrogen) atoms. The van der Waals surface area contributed by atoms with Crippen molar-refractivity contribution in [3.05, 3.63) is 23.8 Å². The monoisotopic (exact) mass is 355 g/mol. The fourth-order valence-electron chi connectivity index (χ4n) is 2.54. The molecule has 1 saturated heterocycles. The van der Waals surface area contributed by atoms with E-state index in [-0.39, 0.29) is 16.4 Å². The molecule has 1 aliphatic heterocycles. The highest BCUT2D eigenvalue weighted by molar-refractivity contribution is 7.89. The number of esters is 1. The molecule has 0 atom stereocenters. The molecular formula is C16H21NO6S. The second-order valence-electron chi connectivity index (χ2n) is 5.22. The number of methoxy groups -OCH3 is 3. The molecule has 1 aliphatic rings. The van der Waals surface area contributed by atoms with E-state index in [1.165, 1.54) is 43.9 Å². The maximum atomic E-state index is 12.9. The Kier molecular flexibility index (Phi) is 5.84. The first-order chi connectivity index (χ1) is 11.4. The minimum Gasteiger partial charge on any atom is -0.493 e. The first-order valence-electron chi connectivity index (χ1n) is 7.46. The summed E-state index contributed by atoms with van der Waals surface area (Å²) in [5, 5.41) is 0. The zero-order chi connectivity index (χ0) is 17.7. The first-order valence-corrected chi connectivity index (χ1v) is 8.90. The minimum atomic E-state index is -3.70. The van der Waals surface area contributed by atoms with Crippen molar-refractivity contribution >= 4 is 22.1 Å². The van der Waals surface area contributed by atoms with Crippen LogP contribution in [0.5, 0.6) is 11.5 Å². The van der Waals surface area contributed by atoms with Crippen molar-refractivity contribution in [2.75, 3.05) is 34.4 Å². The van der Waals surface area contributed by atoms with Crippen molar-refractivity contribution < 1.29 is 27.4 Å². The van der Waals surface area contributed by atoms with Gasteiger partial charge in [0.15, 0.2) is 11.5 Å². The van der Waals surface area contributed by atoms with E-state index in [0.717, 1.165) is 12.8 Å². The maximum Gasteiger partial charge on any atom is 0.330 e. The lowest BCUT2D eigenvalue weighted by Crippen LogP contribution is -2.28. The lowest BCUT2D eigenvalue weighted by Gasteiger charge is -2.19. The van der Waals surface area contributed by atoms with Crippen molar-refractivity contribution in [3.8, 4) is 11.5 Å². The van der Waals surface area contributed by atoms with Crippen molar-refractivity contribution in [2.45, 2.75) is 17.7 Å². The molecule has 1 heterocycles. The molecule has 8 heteroatoms. The SMILES string of the molecule is COC(=O)C=Cc1cc(OC)c(OC)c(S(=O)(=O)N2CCCC2)c1. The van der Waals surface area contributed by atoms with Gasteiger partial charge in [-0.05, 0) is 36.6 Å². The van der Waals surface area contributed by atoms with Gasteiger partial charge in [-0.25, -0.2) is 13.2 Å². The van der Waals surface area contributed by atoms with Gasteiger partial charge in [-0.3, -0.25) is 0 Å². The Bertz CT molecular complexity index is 735. The van der Waals surface area contributed by atoms with Crippen molar-refractivity contribution in [1.82, 2.24) is 4.31 Å². The van der Waals surface area contributed by atoms with Gasteiger partial charge in [0.2, 0.25) is 10.0 Å². The molecular weight excluding hydrogens is 334 g/mol. The summed E-state index contributed by atoms with van der Waals surface area (Å²) in [6.07, 6.45) is 4.35. The lowest BCUT2D eigenvalue weighted by molar-refractivity contribution is -0.134. The van der Waals surface area contributed by atoms with Crippen molar-refractivity contribution in [1.29, 1.82) is 0 Å². The molecule has 0 saturated carbocycles. The number of rotatable bonds is 6. The Labute approximate surface area is 141 Å². The third kappa shape index (κ3) is 3.70. The van der Waals surface area contributed by atoms with Gasteiger partial charge in [-0.15, -0.1) is 0 Å². The number of sulfonamides is 1. The molecule has 132 valence electrons. The molecule has 2 rings (SSSR count). The van der Waals surface area contributed by atoms with Crippen LogP contribution in [0.1, 0.15) is 18.4 Å². The van der Waals surface area contributed by atoms with Crippen LogP contribution in [0.4, 0.5) is 0 Å². The first kappa shape index (κ1) is 18.3. The van der Waals surface area contributed by atoms with Crippen molar-refractivity contribution in [2.24, 2.45) is 0 Å². The number of benzene rings is 1. The van der Waals surface area contributed by atoms with E-state index in [0.29, 0.717) is 18.7 Å². The summed E-state index contributed by atoms with van der Waals surface area (Å²) in [6.45, 7) is 0.964. The van der Waals surface area contributed by atoms with Crippen LogP contribution < -0.4 is 9.47 Å². The summed E-state index contributed by atoms with van der Waals surface area (Å²) in [7, 11) is 0.388.